The van der Waals surface area contributed by atoms with Crippen molar-refractivity contribution in [1.29, 1.82) is 0 Å². The van der Waals surface area contributed by atoms with E-state index in [0.29, 0.717) is 12.8 Å². The lowest BCUT2D eigenvalue weighted by atomic mass is 9.98. The van der Waals surface area contributed by atoms with Crippen molar-refractivity contribution in [2.45, 2.75) is 51.3 Å². The molecule has 0 bridgehead atoms. The van der Waals surface area contributed by atoms with Crippen LogP contribution in [-0.4, -0.2) is 25.0 Å². The number of halogens is 3. The summed E-state index contributed by atoms with van der Waals surface area (Å²) in [5.74, 6) is 0. The van der Waals surface area contributed by atoms with Crippen LogP contribution in [0.25, 0.3) is 0 Å². The minimum atomic E-state index is -4.53. The van der Waals surface area contributed by atoms with Crippen LogP contribution in [0.15, 0.2) is 0 Å². The van der Waals surface area contributed by atoms with E-state index in [1.54, 1.807) is 0 Å². The van der Waals surface area contributed by atoms with Gasteiger partial charge in [-0.2, -0.15) is 13.2 Å². The van der Waals surface area contributed by atoms with Gasteiger partial charge < -0.3 is 9.05 Å². The predicted molar refractivity (Wildman–Crippen MR) is 58.1 cm³/mol. The van der Waals surface area contributed by atoms with Gasteiger partial charge in [0.25, 0.3) is 0 Å². The molecule has 0 heterocycles. The normalized spacial score (nSPS) is 22.4. The van der Waals surface area contributed by atoms with Crippen LogP contribution in [-0.2, 0) is 13.6 Å². The van der Waals surface area contributed by atoms with Crippen LogP contribution in [0.5, 0.6) is 0 Å². The first-order chi connectivity index (χ1) is 7.85. The van der Waals surface area contributed by atoms with Crippen LogP contribution in [0.3, 0.4) is 0 Å². The molecule has 0 radical (unpaired) electrons. The molecule has 1 atom stereocenters. The van der Waals surface area contributed by atoms with Crippen LogP contribution in [0.2, 0.25) is 0 Å². The topological polar surface area (TPSA) is 35.5 Å². The van der Waals surface area contributed by atoms with E-state index in [4.69, 9.17) is 9.05 Å². The summed E-state index contributed by atoms with van der Waals surface area (Å²) in [6, 6.07) is 0. The zero-order valence-electron chi connectivity index (χ0n) is 9.83. The number of hydrogen-bond acceptors (Lipinski definition) is 3. The Morgan fingerprint density at radius 2 is 1.82 bits per heavy atom. The molecule has 0 aliphatic heterocycles. The second-order valence-electron chi connectivity index (χ2n) is 4.17. The van der Waals surface area contributed by atoms with Crippen LogP contribution in [0.4, 0.5) is 13.2 Å². The average molecular weight is 274 g/mol. The van der Waals surface area contributed by atoms with Crippen molar-refractivity contribution in [2.75, 3.05) is 12.8 Å². The molecule has 1 unspecified atom stereocenters. The van der Waals surface area contributed by atoms with Gasteiger partial charge in [-0.25, -0.2) is 0 Å². The summed E-state index contributed by atoms with van der Waals surface area (Å²) in [7, 11) is -4.03. The van der Waals surface area contributed by atoms with E-state index in [-0.39, 0.29) is 12.7 Å². The molecule has 0 amide bonds. The Balaban J connectivity index is 2.59. The molecule has 1 saturated carbocycles. The fraction of sp³-hybridized carbons (Fsp3) is 1.00. The van der Waals surface area contributed by atoms with Gasteiger partial charge in [0.15, 0.2) is 0 Å². The SMILES string of the molecule is CCOP(=O)(CC(F)(F)F)OC1CCCCC1. The Morgan fingerprint density at radius 3 is 2.29 bits per heavy atom. The summed E-state index contributed by atoms with van der Waals surface area (Å²) in [4.78, 5) is 0. The monoisotopic (exact) mass is 274 g/mol. The summed E-state index contributed by atoms with van der Waals surface area (Å²) >= 11 is 0. The number of rotatable bonds is 5. The Kier molecular flexibility index (Phi) is 5.48. The molecule has 102 valence electrons. The van der Waals surface area contributed by atoms with E-state index in [0.717, 1.165) is 19.3 Å². The summed E-state index contributed by atoms with van der Waals surface area (Å²) in [5, 5.41) is 0. The van der Waals surface area contributed by atoms with Crippen molar-refractivity contribution in [3.05, 3.63) is 0 Å². The van der Waals surface area contributed by atoms with Gasteiger partial charge in [0.05, 0.1) is 12.7 Å². The van der Waals surface area contributed by atoms with Gasteiger partial charge in [-0.1, -0.05) is 19.3 Å². The van der Waals surface area contributed by atoms with E-state index in [2.05, 4.69) is 0 Å². The van der Waals surface area contributed by atoms with E-state index in [1.165, 1.54) is 6.92 Å². The summed E-state index contributed by atoms with van der Waals surface area (Å²) in [6.07, 6.45) is -2.19. The van der Waals surface area contributed by atoms with Crippen molar-refractivity contribution in [3.63, 3.8) is 0 Å². The molecular formula is C10H18F3O3P. The molecule has 0 aromatic carbocycles. The molecular weight excluding hydrogens is 256 g/mol. The van der Waals surface area contributed by atoms with Gasteiger partial charge in [-0.05, 0) is 19.8 Å². The van der Waals surface area contributed by atoms with Gasteiger partial charge in [0.2, 0.25) is 0 Å². The Morgan fingerprint density at radius 1 is 1.24 bits per heavy atom. The quantitative estimate of drug-likeness (QED) is 0.707. The molecule has 0 saturated heterocycles. The average Bonchev–Trinajstić information content (AvgIpc) is 2.15. The van der Waals surface area contributed by atoms with E-state index in [1.807, 2.05) is 0 Å². The molecule has 0 aromatic heterocycles. The Labute approximate surface area is 99.2 Å². The number of alkyl halides is 3. The lowest BCUT2D eigenvalue weighted by Gasteiger charge is -2.27. The fourth-order valence-electron chi connectivity index (χ4n) is 1.93. The zero-order chi connectivity index (χ0) is 12.9. The van der Waals surface area contributed by atoms with Crippen LogP contribution < -0.4 is 0 Å². The molecule has 1 aliphatic carbocycles. The van der Waals surface area contributed by atoms with Gasteiger partial charge >= 0.3 is 13.8 Å². The van der Waals surface area contributed by atoms with E-state index in [9.17, 15) is 17.7 Å². The molecule has 1 rings (SSSR count). The molecule has 17 heavy (non-hydrogen) atoms. The minimum absolute atomic E-state index is 0.0416. The standard InChI is InChI=1S/C10H18F3O3P/c1-2-15-17(14,8-10(11,12)13)16-9-6-4-3-5-7-9/h9H,2-8H2,1H3. The zero-order valence-corrected chi connectivity index (χ0v) is 10.7. The molecule has 0 spiro atoms. The van der Waals surface area contributed by atoms with Crippen molar-refractivity contribution in [2.24, 2.45) is 0 Å². The maximum atomic E-state index is 12.3. The van der Waals surface area contributed by atoms with Crippen molar-refractivity contribution in [1.82, 2.24) is 0 Å². The van der Waals surface area contributed by atoms with Crippen molar-refractivity contribution < 1.29 is 26.8 Å². The second kappa shape index (κ2) is 6.21. The third-order valence-electron chi connectivity index (χ3n) is 2.56. The smallest absolute Gasteiger partial charge is 0.309 e. The molecule has 1 aliphatic rings. The van der Waals surface area contributed by atoms with Crippen LogP contribution in [0, 0.1) is 0 Å². The summed E-state index contributed by atoms with van der Waals surface area (Å²) in [5.41, 5.74) is 0. The van der Waals surface area contributed by atoms with E-state index < -0.39 is 19.9 Å². The third-order valence-corrected chi connectivity index (χ3v) is 4.58. The molecule has 1 fully saturated rings. The molecule has 0 N–H and O–H groups in total. The fourth-order valence-corrected chi connectivity index (χ4v) is 3.65. The predicted octanol–water partition coefficient (Wildman–Crippen LogP) is 4.13. The summed E-state index contributed by atoms with van der Waals surface area (Å²) < 4.78 is 58.7. The molecule has 7 heteroatoms. The maximum Gasteiger partial charge on any atom is 0.400 e. The first-order valence-corrected chi connectivity index (χ1v) is 7.56. The molecule has 3 nitrogen and oxygen atoms in total. The second-order valence-corrected chi connectivity index (χ2v) is 6.17. The van der Waals surface area contributed by atoms with Crippen LogP contribution >= 0.6 is 7.60 Å². The highest BCUT2D eigenvalue weighted by Crippen LogP contribution is 2.54. The van der Waals surface area contributed by atoms with E-state index >= 15 is 0 Å². The largest absolute Gasteiger partial charge is 0.400 e. The Hall–Kier alpha value is -0.0600. The highest BCUT2D eigenvalue weighted by atomic mass is 31.2. The van der Waals surface area contributed by atoms with Gasteiger partial charge in [0, 0.05) is 0 Å². The van der Waals surface area contributed by atoms with Gasteiger partial charge in [-0.15, -0.1) is 0 Å². The third kappa shape index (κ3) is 5.89. The van der Waals surface area contributed by atoms with Crippen molar-refractivity contribution in [3.8, 4) is 0 Å². The molecule has 0 aromatic rings. The maximum absolute atomic E-state index is 12.3. The van der Waals surface area contributed by atoms with Crippen LogP contribution in [0.1, 0.15) is 39.0 Å². The first-order valence-electron chi connectivity index (χ1n) is 5.83. The first kappa shape index (κ1) is 15.0. The lowest BCUT2D eigenvalue weighted by Crippen LogP contribution is -2.22. The minimum Gasteiger partial charge on any atom is -0.309 e. The lowest BCUT2D eigenvalue weighted by molar-refractivity contribution is -0.111. The highest BCUT2D eigenvalue weighted by molar-refractivity contribution is 7.53. The summed E-state index contributed by atoms with van der Waals surface area (Å²) in [6.45, 7) is 1.47. The Bertz CT molecular complexity index is 274. The highest BCUT2D eigenvalue weighted by Gasteiger charge is 2.42. The van der Waals surface area contributed by atoms with Gasteiger partial charge in [0.1, 0.15) is 6.16 Å². The number of hydrogen-bond donors (Lipinski definition) is 0. The van der Waals surface area contributed by atoms with Crippen molar-refractivity contribution >= 4 is 7.60 Å². The van der Waals surface area contributed by atoms with Gasteiger partial charge in [-0.3, -0.25) is 4.57 Å².